The van der Waals surface area contributed by atoms with Gasteiger partial charge in [0, 0.05) is 0 Å². The Bertz CT molecular complexity index is 117. The number of hydrogen-bond donors (Lipinski definition) is 1. The molecule has 0 amide bonds. The molecule has 0 saturated heterocycles. The number of fused-ring (bicyclic) bond motifs is 1. The van der Waals surface area contributed by atoms with Crippen molar-refractivity contribution in [2.75, 3.05) is 0 Å². The highest BCUT2D eigenvalue weighted by atomic mass is 16.3. The fraction of sp³-hybridized carbons (Fsp3) is 0.667. The lowest BCUT2D eigenvalue weighted by Gasteiger charge is -1.93. The van der Waals surface area contributed by atoms with Crippen LogP contribution in [-0.4, -0.2) is 11.2 Å². The van der Waals surface area contributed by atoms with Gasteiger partial charge >= 0.3 is 0 Å². The van der Waals surface area contributed by atoms with Gasteiger partial charge in [0.1, 0.15) is 0 Å². The number of aliphatic hydroxyl groups excluding tert-OH is 1. The third-order valence-electron chi connectivity index (χ3n) is 1.89. The van der Waals surface area contributed by atoms with E-state index >= 15 is 0 Å². The Morgan fingerprint density at radius 2 is 2.29 bits per heavy atom. The summed E-state index contributed by atoms with van der Waals surface area (Å²) in [4.78, 5) is 0. The van der Waals surface area contributed by atoms with E-state index in [-0.39, 0.29) is 6.10 Å². The second-order valence-corrected chi connectivity index (χ2v) is 2.44. The first-order valence-electron chi connectivity index (χ1n) is 2.74. The minimum Gasteiger partial charge on any atom is -0.389 e. The minimum atomic E-state index is -0.0926. The molecule has 0 aliphatic heterocycles. The highest BCUT2D eigenvalue weighted by Crippen LogP contribution is 2.46. The van der Waals surface area contributed by atoms with E-state index in [0.717, 1.165) is 5.92 Å². The molecule has 0 unspecified atom stereocenters. The van der Waals surface area contributed by atoms with E-state index < -0.39 is 0 Å². The molecule has 2 aliphatic carbocycles. The summed E-state index contributed by atoms with van der Waals surface area (Å²) in [5, 5.41) is 8.95. The molecule has 0 aromatic rings. The van der Waals surface area contributed by atoms with E-state index in [2.05, 4.69) is 6.08 Å². The van der Waals surface area contributed by atoms with Gasteiger partial charge in [0.2, 0.25) is 0 Å². The number of rotatable bonds is 0. The van der Waals surface area contributed by atoms with Crippen molar-refractivity contribution in [2.24, 2.45) is 11.8 Å². The first-order chi connectivity index (χ1) is 3.38. The lowest BCUT2D eigenvalue weighted by molar-refractivity contribution is 0.203. The van der Waals surface area contributed by atoms with Crippen molar-refractivity contribution in [3.8, 4) is 0 Å². The summed E-state index contributed by atoms with van der Waals surface area (Å²) in [6.45, 7) is 0. The van der Waals surface area contributed by atoms with E-state index in [0.29, 0.717) is 5.92 Å². The van der Waals surface area contributed by atoms with E-state index in [1.165, 1.54) is 6.42 Å². The normalized spacial score (nSPS) is 54.7. The molecule has 0 spiro atoms. The molecule has 1 N–H and O–H groups in total. The Hall–Kier alpha value is -0.300. The smallest absolute Gasteiger partial charge is 0.0755 e. The Morgan fingerprint density at radius 1 is 1.43 bits per heavy atom. The SMILES string of the molecule is O[C@H]1C=C[C@H]2C[C@@H]12. The average molecular weight is 96.1 g/mol. The van der Waals surface area contributed by atoms with Gasteiger partial charge < -0.3 is 5.11 Å². The van der Waals surface area contributed by atoms with Crippen molar-refractivity contribution in [2.45, 2.75) is 12.5 Å². The molecule has 0 radical (unpaired) electrons. The predicted molar refractivity (Wildman–Crippen MR) is 26.7 cm³/mol. The third kappa shape index (κ3) is 0.361. The maximum Gasteiger partial charge on any atom is 0.0755 e. The van der Waals surface area contributed by atoms with Crippen LogP contribution in [0.2, 0.25) is 0 Å². The van der Waals surface area contributed by atoms with E-state index in [1.807, 2.05) is 6.08 Å². The standard InChI is InChI=1S/C6H8O/c7-6-2-1-4-3-5(4)6/h1-2,4-7H,3H2/t4-,5+,6-/m0/s1. The first kappa shape index (κ1) is 3.67. The van der Waals surface area contributed by atoms with Gasteiger partial charge in [-0.1, -0.05) is 12.2 Å². The lowest BCUT2D eigenvalue weighted by Crippen LogP contribution is -2.00. The third-order valence-corrected chi connectivity index (χ3v) is 1.89. The van der Waals surface area contributed by atoms with Crippen LogP contribution in [-0.2, 0) is 0 Å². The molecular weight excluding hydrogens is 88.1 g/mol. The molecule has 38 valence electrons. The molecule has 7 heavy (non-hydrogen) atoms. The van der Waals surface area contributed by atoms with Gasteiger partial charge in [-0.15, -0.1) is 0 Å². The average Bonchev–Trinajstić information content (AvgIpc) is 2.33. The van der Waals surface area contributed by atoms with Crippen LogP contribution in [0.4, 0.5) is 0 Å². The largest absolute Gasteiger partial charge is 0.389 e. The zero-order valence-corrected chi connectivity index (χ0v) is 4.04. The quantitative estimate of drug-likeness (QED) is 0.437. The summed E-state index contributed by atoms with van der Waals surface area (Å²) >= 11 is 0. The summed E-state index contributed by atoms with van der Waals surface area (Å²) in [6.07, 6.45) is 5.16. The van der Waals surface area contributed by atoms with Gasteiger partial charge in [-0.25, -0.2) is 0 Å². The molecule has 1 saturated carbocycles. The minimum absolute atomic E-state index is 0.0926. The van der Waals surface area contributed by atoms with Crippen LogP contribution in [0.1, 0.15) is 6.42 Å². The van der Waals surface area contributed by atoms with Crippen LogP contribution in [0.5, 0.6) is 0 Å². The summed E-state index contributed by atoms with van der Waals surface area (Å²) in [5.41, 5.74) is 0. The Morgan fingerprint density at radius 3 is 2.43 bits per heavy atom. The van der Waals surface area contributed by atoms with Gasteiger partial charge in [0.15, 0.2) is 0 Å². The molecule has 1 fully saturated rings. The fourth-order valence-electron chi connectivity index (χ4n) is 1.25. The monoisotopic (exact) mass is 96.1 g/mol. The summed E-state index contributed by atoms with van der Waals surface area (Å²) in [7, 11) is 0. The van der Waals surface area contributed by atoms with E-state index in [1.54, 1.807) is 0 Å². The van der Waals surface area contributed by atoms with Crippen molar-refractivity contribution in [1.82, 2.24) is 0 Å². The Labute approximate surface area is 42.7 Å². The highest BCUT2D eigenvalue weighted by molar-refractivity contribution is 5.16. The fourth-order valence-corrected chi connectivity index (χ4v) is 1.25. The molecule has 3 atom stereocenters. The van der Waals surface area contributed by atoms with Crippen LogP contribution in [0, 0.1) is 11.8 Å². The van der Waals surface area contributed by atoms with Gasteiger partial charge in [-0.05, 0) is 18.3 Å². The first-order valence-corrected chi connectivity index (χ1v) is 2.74. The molecule has 0 heterocycles. The molecular formula is C6H8O. The topological polar surface area (TPSA) is 20.2 Å². The molecule has 1 nitrogen and oxygen atoms in total. The van der Waals surface area contributed by atoms with Crippen LogP contribution in [0.15, 0.2) is 12.2 Å². The number of hydrogen-bond acceptors (Lipinski definition) is 1. The zero-order valence-electron chi connectivity index (χ0n) is 4.04. The van der Waals surface area contributed by atoms with Crippen molar-refractivity contribution >= 4 is 0 Å². The van der Waals surface area contributed by atoms with Crippen LogP contribution in [0.25, 0.3) is 0 Å². The van der Waals surface area contributed by atoms with Crippen molar-refractivity contribution in [3.05, 3.63) is 12.2 Å². The molecule has 2 aliphatic rings. The molecule has 0 bridgehead atoms. The van der Waals surface area contributed by atoms with E-state index in [9.17, 15) is 0 Å². The van der Waals surface area contributed by atoms with Gasteiger partial charge in [0.25, 0.3) is 0 Å². The van der Waals surface area contributed by atoms with Crippen molar-refractivity contribution in [1.29, 1.82) is 0 Å². The molecule has 0 aromatic heterocycles. The Kier molecular flexibility index (Phi) is 0.482. The van der Waals surface area contributed by atoms with Crippen molar-refractivity contribution < 1.29 is 5.11 Å². The van der Waals surface area contributed by atoms with Gasteiger partial charge in [-0.2, -0.15) is 0 Å². The summed E-state index contributed by atoms with van der Waals surface area (Å²) in [5.74, 6) is 1.38. The Balaban J connectivity index is 2.22. The lowest BCUT2D eigenvalue weighted by atomic mass is 10.3. The van der Waals surface area contributed by atoms with Gasteiger partial charge in [0.05, 0.1) is 6.10 Å². The molecule has 2 rings (SSSR count). The number of allylic oxidation sites excluding steroid dienone is 1. The van der Waals surface area contributed by atoms with Crippen molar-refractivity contribution in [3.63, 3.8) is 0 Å². The maximum atomic E-state index is 8.95. The number of aliphatic hydroxyl groups is 1. The second-order valence-electron chi connectivity index (χ2n) is 2.44. The summed E-state index contributed by atoms with van der Waals surface area (Å²) < 4.78 is 0. The predicted octanol–water partition coefficient (Wildman–Crippen LogP) is 0.553. The molecule has 1 heteroatoms. The maximum absolute atomic E-state index is 8.95. The highest BCUT2D eigenvalue weighted by Gasteiger charge is 2.43. The zero-order chi connectivity index (χ0) is 4.85. The summed E-state index contributed by atoms with van der Waals surface area (Å²) in [6, 6.07) is 0. The van der Waals surface area contributed by atoms with Gasteiger partial charge in [-0.3, -0.25) is 0 Å². The van der Waals surface area contributed by atoms with Crippen LogP contribution in [0.3, 0.4) is 0 Å². The van der Waals surface area contributed by atoms with E-state index in [4.69, 9.17) is 5.11 Å². The molecule has 0 aromatic carbocycles. The van der Waals surface area contributed by atoms with Crippen LogP contribution < -0.4 is 0 Å². The second kappa shape index (κ2) is 0.920. The van der Waals surface area contributed by atoms with Crippen LogP contribution >= 0.6 is 0 Å².